The zero-order valence-corrected chi connectivity index (χ0v) is 13.2. The molecule has 0 aromatic heterocycles. The number of benzene rings is 2. The average Bonchev–Trinajstić information content (AvgIpc) is 2.42. The maximum atomic E-state index is 2.40. The van der Waals surface area contributed by atoms with Crippen LogP contribution in [0.4, 0.5) is 0 Å². The Morgan fingerprint density at radius 3 is 2.40 bits per heavy atom. The van der Waals surface area contributed by atoms with Crippen LogP contribution in [0.5, 0.6) is 0 Å². The summed E-state index contributed by atoms with van der Waals surface area (Å²) in [6.45, 7) is 9.13. The lowest BCUT2D eigenvalue weighted by atomic mass is 9.90. The zero-order valence-electron chi connectivity index (χ0n) is 13.2. The summed E-state index contributed by atoms with van der Waals surface area (Å²) >= 11 is 0. The second-order valence-electron chi connectivity index (χ2n) is 7.00. The first-order valence-corrected chi connectivity index (χ1v) is 7.57. The number of hydrogen-bond donors (Lipinski definition) is 0. The van der Waals surface area contributed by atoms with Gasteiger partial charge in [0.05, 0.1) is 0 Å². The van der Waals surface area contributed by atoms with Gasteiger partial charge in [0.25, 0.3) is 0 Å². The van der Waals surface area contributed by atoms with Gasteiger partial charge in [-0.3, -0.25) is 0 Å². The lowest BCUT2D eigenvalue weighted by molar-refractivity contribution is 0.419. The summed E-state index contributed by atoms with van der Waals surface area (Å²) in [6, 6.07) is 15.4. The van der Waals surface area contributed by atoms with Crippen LogP contribution in [-0.2, 0) is 6.42 Å². The molecule has 0 heteroatoms. The van der Waals surface area contributed by atoms with E-state index in [0.717, 1.165) is 19.3 Å². The van der Waals surface area contributed by atoms with Gasteiger partial charge in [-0.2, -0.15) is 0 Å². The monoisotopic (exact) mass is 266 g/mol. The predicted molar refractivity (Wildman–Crippen MR) is 90.1 cm³/mol. The molecule has 2 aromatic rings. The molecule has 0 aliphatic heterocycles. The van der Waals surface area contributed by atoms with Gasteiger partial charge in [0, 0.05) is 0 Å². The fourth-order valence-electron chi connectivity index (χ4n) is 2.32. The van der Waals surface area contributed by atoms with Crippen molar-refractivity contribution < 1.29 is 0 Å². The predicted octanol–water partition coefficient (Wildman–Crippen LogP) is 6.15. The minimum absolute atomic E-state index is 0.393. The van der Waals surface area contributed by atoms with Crippen LogP contribution in [0.1, 0.15) is 46.1 Å². The highest BCUT2D eigenvalue weighted by Crippen LogP contribution is 2.22. The molecule has 106 valence electrons. The van der Waals surface area contributed by atoms with Crippen molar-refractivity contribution in [2.75, 3.05) is 0 Å². The highest BCUT2D eigenvalue weighted by Gasteiger charge is 2.07. The Morgan fingerprint density at radius 1 is 1.00 bits per heavy atom. The normalized spacial score (nSPS) is 12.9. The lowest BCUT2D eigenvalue weighted by Gasteiger charge is -2.15. The van der Waals surface area contributed by atoms with Crippen LogP contribution < -0.4 is 0 Å². The standard InChI is InChI=1S/C20H26/c1-16(13-14-20(2,3)4)9-10-17-11-12-18-7-5-6-8-19(18)15-17/h5-8,11-13,15H,9-10,14H2,1-4H3/b16-13+. The number of aryl methyl sites for hydroxylation is 1. The van der Waals surface area contributed by atoms with Crippen LogP contribution in [-0.4, -0.2) is 0 Å². The van der Waals surface area contributed by atoms with E-state index in [0.29, 0.717) is 5.41 Å². The van der Waals surface area contributed by atoms with Crippen molar-refractivity contribution in [2.24, 2.45) is 5.41 Å². The van der Waals surface area contributed by atoms with Gasteiger partial charge in [-0.05, 0) is 47.9 Å². The molecular weight excluding hydrogens is 240 g/mol. The Hall–Kier alpha value is -1.56. The number of rotatable bonds is 4. The molecule has 2 aromatic carbocycles. The number of fused-ring (bicyclic) bond motifs is 1. The Labute approximate surface area is 123 Å². The molecule has 0 heterocycles. The van der Waals surface area contributed by atoms with Gasteiger partial charge in [-0.1, -0.05) is 74.9 Å². The van der Waals surface area contributed by atoms with Gasteiger partial charge < -0.3 is 0 Å². The second kappa shape index (κ2) is 6.26. The van der Waals surface area contributed by atoms with E-state index in [4.69, 9.17) is 0 Å². The zero-order chi connectivity index (χ0) is 14.6. The maximum Gasteiger partial charge on any atom is -0.0181 e. The van der Waals surface area contributed by atoms with Crippen LogP contribution in [0.25, 0.3) is 10.8 Å². The Morgan fingerprint density at radius 2 is 1.70 bits per heavy atom. The molecule has 0 aliphatic carbocycles. The third-order valence-electron chi connectivity index (χ3n) is 3.68. The van der Waals surface area contributed by atoms with E-state index in [2.05, 4.69) is 76.2 Å². The lowest BCUT2D eigenvalue weighted by Crippen LogP contribution is -2.02. The van der Waals surface area contributed by atoms with Crippen molar-refractivity contribution in [3.8, 4) is 0 Å². The van der Waals surface area contributed by atoms with Crippen LogP contribution in [0.3, 0.4) is 0 Å². The number of allylic oxidation sites excluding steroid dienone is 2. The van der Waals surface area contributed by atoms with Crippen molar-refractivity contribution in [3.05, 3.63) is 59.7 Å². The molecule has 0 nitrogen and oxygen atoms in total. The minimum Gasteiger partial charge on any atom is -0.0851 e. The summed E-state index contributed by atoms with van der Waals surface area (Å²) in [4.78, 5) is 0. The molecule has 0 radical (unpaired) electrons. The van der Waals surface area contributed by atoms with Crippen LogP contribution in [0, 0.1) is 5.41 Å². The second-order valence-corrected chi connectivity index (χ2v) is 7.00. The van der Waals surface area contributed by atoms with Crippen molar-refractivity contribution in [1.82, 2.24) is 0 Å². The van der Waals surface area contributed by atoms with Gasteiger partial charge in [0.15, 0.2) is 0 Å². The molecule has 0 atom stereocenters. The molecule has 0 saturated carbocycles. The third kappa shape index (κ3) is 4.52. The molecule has 0 bridgehead atoms. The molecule has 0 aliphatic rings. The van der Waals surface area contributed by atoms with Crippen LogP contribution in [0.2, 0.25) is 0 Å². The first-order valence-electron chi connectivity index (χ1n) is 7.57. The molecule has 0 saturated heterocycles. The first-order chi connectivity index (χ1) is 9.44. The average molecular weight is 266 g/mol. The summed E-state index contributed by atoms with van der Waals surface area (Å²) in [5, 5.41) is 2.68. The van der Waals surface area contributed by atoms with E-state index in [1.54, 1.807) is 0 Å². The van der Waals surface area contributed by atoms with Gasteiger partial charge in [0.1, 0.15) is 0 Å². The van der Waals surface area contributed by atoms with Crippen molar-refractivity contribution in [1.29, 1.82) is 0 Å². The van der Waals surface area contributed by atoms with E-state index in [9.17, 15) is 0 Å². The molecule has 0 spiro atoms. The maximum absolute atomic E-state index is 2.40. The summed E-state index contributed by atoms with van der Waals surface area (Å²) in [5.74, 6) is 0. The smallest absolute Gasteiger partial charge is 0.0181 e. The van der Waals surface area contributed by atoms with Gasteiger partial charge in [0.2, 0.25) is 0 Å². The van der Waals surface area contributed by atoms with E-state index in [1.807, 2.05) is 0 Å². The minimum atomic E-state index is 0.393. The fraction of sp³-hybridized carbons (Fsp3) is 0.400. The summed E-state index contributed by atoms with van der Waals surface area (Å²) < 4.78 is 0. The van der Waals surface area contributed by atoms with E-state index < -0.39 is 0 Å². The molecule has 0 N–H and O–H groups in total. The Kier molecular flexibility index (Phi) is 4.65. The summed E-state index contributed by atoms with van der Waals surface area (Å²) in [5.41, 5.74) is 3.34. The third-order valence-corrected chi connectivity index (χ3v) is 3.68. The topological polar surface area (TPSA) is 0 Å². The van der Waals surface area contributed by atoms with E-state index in [1.165, 1.54) is 21.9 Å². The largest absolute Gasteiger partial charge is 0.0851 e. The van der Waals surface area contributed by atoms with E-state index >= 15 is 0 Å². The quantitative estimate of drug-likeness (QED) is 0.582. The Bertz CT molecular complexity index is 597. The first kappa shape index (κ1) is 14.8. The van der Waals surface area contributed by atoms with Gasteiger partial charge in [-0.25, -0.2) is 0 Å². The fourth-order valence-corrected chi connectivity index (χ4v) is 2.32. The van der Waals surface area contributed by atoms with E-state index in [-0.39, 0.29) is 0 Å². The molecule has 2 rings (SSSR count). The molecular formula is C20H26. The molecule has 0 amide bonds. The summed E-state index contributed by atoms with van der Waals surface area (Å²) in [7, 11) is 0. The van der Waals surface area contributed by atoms with Gasteiger partial charge in [-0.15, -0.1) is 0 Å². The van der Waals surface area contributed by atoms with Crippen molar-refractivity contribution >= 4 is 10.8 Å². The van der Waals surface area contributed by atoms with Crippen molar-refractivity contribution in [3.63, 3.8) is 0 Å². The SMILES string of the molecule is C/C(=C\CC(C)(C)C)CCc1ccc2ccccc2c1. The highest BCUT2D eigenvalue weighted by atomic mass is 14.1. The molecule has 0 unspecified atom stereocenters. The molecule has 0 fully saturated rings. The highest BCUT2D eigenvalue weighted by molar-refractivity contribution is 5.82. The summed E-state index contributed by atoms with van der Waals surface area (Å²) in [6.07, 6.45) is 5.86. The van der Waals surface area contributed by atoms with Crippen LogP contribution in [0.15, 0.2) is 54.1 Å². The Balaban J connectivity index is 1.98. The molecule has 20 heavy (non-hydrogen) atoms. The number of hydrogen-bond acceptors (Lipinski definition) is 0. The van der Waals surface area contributed by atoms with Gasteiger partial charge >= 0.3 is 0 Å². The van der Waals surface area contributed by atoms with Crippen molar-refractivity contribution in [2.45, 2.75) is 47.0 Å². The van der Waals surface area contributed by atoms with Crippen LogP contribution >= 0.6 is 0 Å².